The number of rotatable bonds is 2. The molecule has 140 valence electrons. The average molecular weight is 384 g/mol. The van der Waals surface area contributed by atoms with Gasteiger partial charge in [0, 0.05) is 0 Å². The maximum atomic E-state index is 12.7. The molecule has 0 atom stereocenters. The van der Waals surface area contributed by atoms with E-state index in [4.69, 9.17) is 0 Å². The lowest BCUT2D eigenvalue weighted by Crippen LogP contribution is -2.31. The largest absolute Gasteiger partial charge is 0.506 e. The minimum atomic E-state index is -0.583. The molecule has 3 aromatic rings. The van der Waals surface area contributed by atoms with Crippen LogP contribution in [0.15, 0.2) is 66.7 Å². The summed E-state index contributed by atoms with van der Waals surface area (Å²) in [5.41, 5.74) is 1.05. The predicted molar refractivity (Wildman–Crippen MR) is 103 cm³/mol. The van der Waals surface area contributed by atoms with E-state index in [1.807, 2.05) is 0 Å². The first-order chi connectivity index (χ1) is 14.0. The molecule has 1 N–H and O–H groups in total. The second kappa shape index (κ2) is 5.87. The fraction of sp³-hybridized carbons (Fsp3) is 0. The van der Waals surface area contributed by atoms with E-state index in [-0.39, 0.29) is 39.4 Å². The minimum Gasteiger partial charge on any atom is -0.506 e. The second-order valence-corrected chi connectivity index (χ2v) is 6.66. The lowest BCUT2D eigenvalue weighted by Gasteiger charge is -2.19. The van der Waals surface area contributed by atoms with Crippen molar-refractivity contribution in [3.63, 3.8) is 0 Å². The van der Waals surface area contributed by atoms with Crippen molar-refractivity contribution in [3.8, 4) is 5.75 Å². The zero-order valence-electron chi connectivity index (χ0n) is 14.8. The van der Waals surface area contributed by atoms with Gasteiger partial charge in [0.05, 0.1) is 33.6 Å². The van der Waals surface area contributed by atoms with Crippen LogP contribution in [0.25, 0.3) is 0 Å². The second-order valence-electron chi connectivity index (χ2n) is 6.66. The summed E-state index contributed by atoms with van der Waals surface area (Å²) in [7, 11) is 0. The Hall–Kier alpha value is -4.26. The van der Waals surface area contributed by atoms with Gasteiger partial charge in [-0.15, -0.1) is 0 Å². The quantitative estimate of drug-likeness (QED) is 0.686. The molecule has 0 saturated heterocycles. The molecular weight excluding hydrogens is 372 g/mol. The smallest absolute Gasteiger partial charge is 0.266 e. The average Bonchev–Trinajstić information content (AvgIpc) is 3.14. The molecular formula is C22H12N2O5. The summed E-state index contributed by atoms with van der Waals surface area (Å²) in [5, 5.41) is 10.3. The molecule has 0 bridgehead atoms. The van der Waals surface area contributed by atoms with Crippen LogP contribution in [-0.4, -0.2) is 28.7 Å². The lowest BCUT2D eigenvalue weighted by molar-refractivity contribution is 0.0912. The molecule has 2 aliphatic rings. The van der Waals surface area contributed by atoms with Gasteiger partial charge in [-0.25, -0.2) is 9.80 Å². The number of aromatic hydroxyl groups is 1. The van der Waals surface area contributed by atoms with Crippen LogP contribution in [0.5, 0.6) is 5.75 Å². The Bertz CT molecular complexity index is 1190. The molecule has 0 aliphatic carbocycles. The number of hydrogen-bond acceptors (Lipinski definition) is 5. The van der Waals surface area contributed by atoms with E-state index >= 15 is 0 Å². The standard InChI is InChI=1S/C22H12N2O5/c25-18-10-9-12(23-19(26)13-5-1-2-6-14(13)20(23)27)11-17(18)24-21(28)15-7-3-4-8-16(15)22(24)29/h1-11,25H. The summed E-state index contributed by atoms with van der Waals surface area (Å²) < 4.78 is 0. The normalized spacial score (nSPS) is 15.2. The van der Waals surface area contributed by atoms with Crippen molar-refractivity contribution in [3.05, 3.63) is 89.0 Å². The van der Waals surface area contributed by atoms with Gasteiger partial charge < -0.3 is 5.11 Å². The monoisotopic (exact) mass is 384 g/mol. The number of amides is 4. The van der Waals surface area contributed by atoms with Crippen molar-refractivity contribution in [1.82, 2.24) is 0 Å². The molecule has 0 saturated carbocycles. The molecule has 29 heavy (non-hydrogen) atoms. The third kappa shape index (κ3) is 2.24. The summed E-state index contributed by atoms with van der Waals surface area (Å²) in [6.45, 7) is 0. The van der Waals surface area contributed by atoms with Gasteiger partial charge in [0.1, 0.15) is 5.75 Å². The number of carbonyl (C=O) groups excluding carboxylic acids is 4. The minimum absolute atomic E-state index is 0.0924. The Kier molecular flexibility index (Phi) is 3.42. The maximum Gasteiger partial charge on any atom is 0.266 e. The number of fused-ring (bicyclic) bond motifs is 2. The van der Waals surface area contributed by atoms with Gasteiger partial charge in [0.15, 0.2) is 0 Å². The highest BCUT2D eigenvalue weighted by Crippen LogP contribution is 2.38. The third-order valence-corrected chi connectivity index (χ3v) is 5.05. The van der Waals surface area contributed by atoms with Crippen molar-refractivity contribution in [2.75, 3.05) is 9.80 Å². The van der Waals surface area contributed by atoms with E-state index in [1.54, 1.807) is 36.4 Å². The number of nitrogens with zero attached hydrogens (tertiary/aromatic N) is 2. The number of carbonyl (C=O) groups is 4. The van der Waals surface area contributed by atoms with E-state index in [9.17, 15) is 24.3 Å². The van der Waals surface area contributed by atoms with Crippen LogP contribution in [0.4, 0.5) is 11.4 Å². The number of phenolic OH excluding ortho intramolecular Hbond substituents is 1. The van der Waals surface area contributed by atoms with Gasteiger partial charge in [0.25, 0.3) is 23.6 Å². The van der Waals surface area contributed by atoms with Gasteiger partial charge in [0.2, 0.25) is 0 Å². The Morgan fingerprint density at radius 3 is 1.41 bits per heavy atom. The highest BCUT2D eigenvalue weighted by Gasteiger charge is 2.40. The van der Waals surface area contributed by atoms with Crippen molar-refractivity contribution in [2.45, 2.75) is 0 Å². The van der Waals surface area contributed by atoms with Gasteiger partial charge in [-0.3, -0.25) is 19.2 Å². The third-order valence-electron chi connectivity index (χ3n) is 5.05. The number of anilines is 2. The van der Waals surface area contributed by atoms with E-state index < -0.39 is 23.6 Å². The number of benzene rings is 3. The van der Waals surface area contributed by atoms with Crippen LogP contribution in [-0.2, 0) is 0 Å². The molecule has 5 rings (SSSR count). The number of imide groups is 2. The summed E-state index contributed by atoms with van der Waals surface area (Å²) in [6, 6.07) is 16.7. The van der Waals surface area contributed by atoms with Crippen LogP contribution < -0.4 is 9.80 Å². The fourth-order valence-electron chi connectivity index (χ4n) is 3.66. The van der Waals surface area contributed by atoms with Crippen LogP contribution >= 0.6 is 0 Å². The van der Waals surface area contributed by atoms with Crippen LogP contribution in [0.3, 0.4) is 0 Å². The van der Waals surface area contributed by atoms with E-state index in [2.05, 4.69) is 0 Å². The molecule has 4 amide bonds. The zero-order valence-corrected chi connectivity index (χ0v) is 14.8. The Labute approximate surface area is 164 Å². The molecule has 0 fully saturated rings. The topological polar surface area (TPSA) is 95.0 Å². The number of hydrogen-bond donors (Lipinski definition) is 1. The van der Waals surface area contributed by atoms with Crippen molar-refractivity contribution < 1.29 is 24.3 Å². The first-order valence-corrected chi connectivity index (χ1v) is 8.77. The van der Waals surface area contributed by atoms with Gasteiger partial charge in [-0.2, -0.15) is 0 Å². The summed E-state index contributed by atoms with van der Waals surface area (Å²) >= 11 is 0. The van der Waals surface area contributed by atoms with E-state index in [0.717, 1.165) is 9.80 Å². The summed E-state index contributed by atoms with van der Waals surface area (Å²) in [5.74, 6) is -2.50. The van der Waals surface area contributed by atoms with Crippen molar-refractivity contribution in [1.29, 1.82) is 0 Å². The Morgan fingerprint density at radius 2 is 0.966 bits per heavy atom. The Balaban J connectivity index is 1.60. The van der Waals surface area contributed by atoms with Gasteiger partial charge in [-0.05, 0) is 42.5 Å². The molecule has 0 radical (unpaired) electrons. The zero-order chi connectivity index (χ0) is 20.3. The molecule has 0 spiro atoms. The molecule has 2 heterocycles. The molecule has 0 unspecified atom stereocenters. The van der Waals surface area contributed by atoms with Crippen LogP contribution in [0.2, 0.25) is 0 Å². The van der Waals surface area contributed by atoms with Crippen molar-refractivity contribution >= 4 is 35.0 Å². The summed E-state index contributed by atoms with van der Waals surface area (Å²) in [4.78, 5) is 52.8. The maximum absolute atomic E-state index is 12.7. The summed E-state index contributed by atoms with van der Waals surface area (Å²) in [6.07, 6.45) is 0. The molecule has 7 nitrogen and oxygen atoms in total. The molecule has 0 aromatic heterocycles. The lowest BCUT2D eigenvalue weighted by atomic mass is 10.1. The Morgan fingerprint density at radius 1 is 0.552 bits per heavy atom. The van der Waals surface area contributed by atoms with Crippen molar-refractivity contribution in [2.24, 2.45) is 0 Å². The highest BCUT2D eigenvalue weighted by molar-refractivity contribution is 6.36. The first-order valence-electron chi connectivity index (χ1n) is 8.77. The highest BCUT2D eigenvalue weighted by atomic mass is 16.3. The van der Waals surface area contributed by atoms with E-state index in [1.165, 1.54) is 30.3 Å². The molecule has 2 aliphatic heterocycles. The SMILES string of the molecule is O=C1c2ccccc2C(=O)N1c1ccc(O)c(N2C(=O)c3ccccc3C2=O)c1. The number of phenols is 1. The molecule has 3 aromatic carbocycles. The predicted octanol–water partition coefficient (Wildman–Crippen LogP) is 2.99. The van der Waals surface area contributed by atoms with Gasteiger partial charge >= 0.3 is 0 Å². The first kappa shape index (κ1) is 16.9. The van der Waals surface area contributed by atoms with Gasteiger partial charge in [-0.1, -0.05) is 24.3 Å². The van der Waals surface area contributed by atoms with Crippen LogP contribution in [0.1, 0.15) is 41.4 Å². The fourth-order valence-corrected chi connectivity index (χ4v) is 3.66. The van der Waals surface area contributed by atoms with Crippen LogP contribution in [0, 0.1) is 0 Å². The molecule has 7 heteroatoms. The van der Waals surface area contributed by atoms with E-state index in [0.29, 0.717) is 0 Å².